The minimum Gasteiger partial charge on any atom is -0.356 e. The van der Waals surface area contributed by atoms with Crippen LogP contribution in [0.5, 0.6) is 0 Å². The largest absolute Gasteiger partial charge is 0.356 e. The Kier molecular flexibility index (Phi) is 3.27. The lowest BCUT2D eigenvalue weighted by molar-refractivity contribution is 0.626. The van der Waals surface area contributed by atoms with Gasteiger partial charge in [-0.1, -0.05) is 23.5 Å². The van der Waals surface area contributed by atoms with Crippen molar-refractivity contribution in [3.63, 3.8) is 0 Å². The van der Waals surface area contributed by atoms with Gasteiger partial charge >= 0.3 is 0 Å². The maximum atomic E-state index is 12.8. The quantitative estimate of drug-likeness (QED) is 0.943. The summed E-state index contributed by atoms with van der Waals surface area (Å²) in [7, 11) is 0. The van der Waals surface area contributed by atoms with Gasteiger partial charge in [-0.05, 0) is 33.6 Å². The summed E-state index contributed by atoms with van der Waals surface area (Å²) in [5, 5.41) is 11.4. The predicted octanol–water partition coefficient (Wildman–Crippen LogP) is 3.05. The molecule has 2 aromatic rings. The van der Waals surface area contributed by atoms with Crippen molar-refractivity contribution in [2.75, 3.05) is 5.32 Å². The Morgan fingerprint density at radius 1 is 1.40 bits per heavy atom. The van der Waals surface area contributed by atoms with Crippen molar-refractivity contribution in [1.29, 1.82) is 0 Å². The third-order valence-electron chi connectivity index (χ3n) is 1.73. The third-order valence-corrected chi connectivity index (χ3v) is 3.05. The van der Waals surface area contributed by atoms with Crippen LogP contribution in [0.15, 0.2) is 28.2 Å². The summed E-state index contributed by atoms with van der Waals surface area (Å²) in [6.45, 7) is 0.541. The van der Waals surface area contributed by atoms with Gasteiger partial charge in [0.2, 0.25) is 5.13 Å². The second-order valence-corrected chi connectivity index (χ2v) is 5.10. The molecule has 1 aromatic carbocycles. The van der Waals surface area contributed by atoms with E-state index in [1.165, 1.54) is 23.5 Å². The summed E-state index contributed by atoms with van der Waals surface area (Å²) in [6.07, 6.45) is 0. The van der Waals surface area contributed by atoms with E-state index in [4.69, 9.17) is 0 Å². The number of halogens is 2. The molecule has 0 aliphatic heterocycles. The fourth-order valence-electron chi connectivity index (χ4n) is 1.10. The molecule has 0 aliphatic rings. The lowest BCUT2D eigenvalue weighted by Crippen LogP contribution is -1.99. The summed E-state index contributed by atoms with van der Waals surface area (Å²) in [6, 6.07) is 6.45. The van der Waals surface area contributed by atoms with E-state index in [9.17, 15) is 4.39 Å². The Hall–Kier alpha value is -1.01. The van der Waals surface area contributed by atoms with Gasteiger partial charge in [0.15, 0.2) is 3.92 Å². The molecule has 0 spiro atoms. The highest BCUT2D eigenvalue weighted by Gasteiger charge is 2.00. The van der Waals surface area contributed by atoms with Gasteiger partial charge in [-0.2, -0.15) is 0 Å². The molecule has 3 nitrogen and oxygen atoms in total. The van der Waals surface area contributed by atoms with Crippen LogP contribution in [0.3, 0.4) is 0 Å². The van der Waals surface area contributed by atoms with Gasteiger partial charge in [0, 0.05) is 6.54 Å². The molecular weight excluding hydrogens is 281 g/mol. The lowest BCUT2D eigenvalue weighted by atomic mass is 10.2. The molecule has 2 rings (SSSR count). The van der Waals surface area contributed by atoms with Crippen LogP contribution >= 0.6 is 27.3 Å². The van der Waals surface area contributed by atoms with E-state index in [-0.39, 0.29) is 5.82 Å². The van der Waals surface area contributed by atoms with E-state index in [1.54, 1.807) is 6.07 Å². The van der Waals surface area contributed by atoms with Gasteiger partial charge in [0.25, 0.3) is 0 Å². The summed E-state index contributed by atoms with van der Waals surface area (Å²) in [5.41, 5.74) is 0.876. The van der Waals surface area contributed by atoms with Crippen LogP contribution < -0.4 is 5.32 Å². The van der Waals surface area contributed by atoms with Crippen molar-refractivity contribution in [2.24, 2.45) is 0 Å². The van der Waals surface area contributed by atoms with Gasteiger partial charge in [-0.15, -0.1) is 10.2 Å². The maximum absolute atomic E-state index is 12.8. The number of aromatic nitrogens is 2. The Morgan fingerprint density at radius 3 is 2.93 bits per heavy atom. The fraction of sp³-hybridized carbons (Fsp3) is 0.111. The van der Waals surface area contributed by atoms with Crippen molar-refractivity contribution in [1.82, 2.24) is 10.2 Å². The van der Waals surface area contributed by atoms with Crippen LogP contribution in [0, 0.1) is 5.82 Å². The number of benzene rings is 1. The number of nitrogens with zero attached hydrogens (tertiary/aromatic N) is 2. The summed E-state index contributed by atoms with van der Waals surface area (Å²) in [5.74, 6) is -0.229. The Bertz CT molecular complexity index is 460. The number of nitrogens with one attached hydrogen (secondary N) is 1. The molecule has 0 saturated heterocycles. The molecule has 0 radical (unpaired) electrons. The normalized spacial score (nSPS) is 10.3. The van der Waals surface area contributed by atoms with Gasteiger partial charge in [0.05, 0.1) is 0 Å². The summed E-state index contributed by atoms with van der Waals surface area (Å²) >= 11 is 4.62. The van der Waals surface area contributed by atoms with Gasteiger partial charge < -0.3 is 5.32 Å². The number of hydrogen-bond donors (Lipinski definition) is 1. The monoisotopic (exact) mass is 287 g/mol. The van der Waals surface area contributed by atoms with E-state index in [1.807, 2.05) is 6.07 Å². The molecule has 6 heteroatoms. The molecule has 1 aromatic heterocycles. The van der Waals surface area contributed by atoms with E-state index in [0.29, 0.717) is 11.7 Å². The second kappa shape index (κ2) is 4.67. The van der Waals surface area contributed by atoms with Crippen LogP contribution in [0.2, 0.25) is 0 Å². The van der Waals surface area contributed by atoms with Crippen molar-refractivity contribution < 1.29 is 4.39 Å². The molecule has 0 unspecified atom stereocenters. The van der Waals surface area contributed by atoms with Crippen molar-refractivity contribution in [3.8, 4) is 0 Å². The SMILES string of the molecule is Fc1cccc(CNc2nnc(Br)s2)c1. The number of anilines is 1. The van der Waals surface area contributed by atoms with Crippen LogP contribution in [-0.4, -0.2) is 10.2 Å². The molecule has 0 amide bonds. The Morgan fingerprint density at radius 2 is 2.27 bits per heavy atom. The van der Waals surface area contributed by atoms with Gasteiger partial charge in [-0.3, -0.25) is 0 Å². The van der Waals surface area contributed by atoms with E-state index in [0.717, 1.165) is 9.48 Å². The van der Waals surface area contributed by atoms with E-state index >= 15 is 0 Å². The molecule has 0 bridgehead atoms. The minimum absolute atomic E-state index is 0.229. The average Bonchev–Trinajstić information content (AvgIpc) is 2.62. The first kappa shape index (κ1) is 10.5. The van der Waals surface area contributed by atoms with Gasteiger partial charge in [-0.25, -0.2) is 4.39 Å². The topological polar surface area (TPSA) is 37.8 Å². The molecule has 0 atom stereocenters. The fourth-order valence-corrected chi connectivity index (χ4v) is 2.11. The van der Waals surface area contributed by atoms with Crippen LogP contribution in [-0.2, 0) is 6.54 Å². The predicted molar refractivity (Wildman–Crippen MR) is 61.3 cm³/mol. The third kappa shape index (κ3) is 2.97. The average molecular weight is 288 g/mol. The first-order valence-corrected chi connectivity index (χ1v) is 5.82. The van der Waals surface area contributed by atoms with Crippen LogP contribution in [0.4, 0.5) is 9.52 Å². The second-order valence-electron chi connectivity index (χ2n) is 2.84. The Labute approximate surface area is 98.5 Å². The first-order chi connectivity index (χ1) is 7.24. The molecule has 0 aliphatic carbocycles. The zero-order valence-corrected chi connectivity index (χ0v) is 9.98. The maximum Gasteiger partial charge on any atom is 0.206 e. The lowest BCUT2D eigenvalue weighted by Gasteiger charge is -2.01. The standard InChI is InChI=1S/C9H7BrFN3S/c10-8-13-14-9(15-8)12-5-6-2-1-3-7(11)4-6/h1-4H,5H2,(H,12,14). The molecule has 1 heterocycles. The van der Waals surface area contributed by atoms with Crippen molar-refractivity contribution in [3.05, 3.63) is 39.6 Å². The van der Waals surface area contributed by atoms with E-state index < -0.39 is 0 Å². The molecule has 0 saturated carbocycles. The smallest absolute Gasteiger partial charge is 0.206 e. The molecule has 1 N–H and O–H groups in total. The highest BCUT2D eigenvalue weighted by molar-refractivity contribution is 9.11. The van der Waals surface area contributed by atoms with Crippen LogP contribution in [0.25, 0.3) is 0 Å². The first-order valence-electron chi connectivity index (χ1n) is 4.21. The van der Waals surface area contributed by atoms with Gasteiger partial charge in [0.1, 0.15) is 5.82 Å². The molecule has 0 fully saturated rings. The molecule has 78 valence electrons. The Balaban J connectivity index is 1.99. The molecular formula is C9H7BrFN3S. The van der Waals surface area contributed by atoms with Crippen molar-refractivity contribution in [2.45, 2.75) is 6.54 Å². The minimum atomic E-state index is -0.229. The van der Waals surface area contributed by atoms with Crippen LogP contribution in [0.1, 0.15) is 5.56 Å². The molecule has 15 heavy (non-hydrogen) atoms. The highest BCUT2D eigenvalue weighted by Crippen LogP contribution is 2.20. The zero-order valence-electron chi connectivity index (χ0n) is 7.58. The number of rotatable bonds is 3. The van der Waals surface area contributed by atoms with E-state index in [2.05, 4.69) is 31.4 Å². The van der Waals surface area contributed by atoms with Crippen molar-refractivity contribution >= 4 is 32.4 Å². The highest BCUT2D eigenvalue weighted by atomic mass is 79.9. The summed E-state index contributed by atoms with van der Waals surface area (Å²) < 4.78 is 13.6. The number of hydrogen-bond acceptors (Lipinski definition) is 4. The summed E-state index contributed by atoms with van der Waals surface area (Å²) in [4.78, 5) is 0. The zero-order chi connectivity index (χ0) is 10.7.